The molecule has 0 spiro atoms. The van der Waals surface area contributed by atoms with E-state index in [9.17, 15) is 19.5 Å². The summed E-state index contributed by atoms with van der Waals surface area (Å²) in [4.78, 5) is 37.9. The number of carboxylic acid groups (broad SMARTS) is 1. The maximum absolute atomic E-state index is 12.4. The summed E-state index contributed by atoms with van der Waals surface area (Å²) >= 11 is 0. The Morgan fingerprint density at radius 2 is 2.00 bits per heavy atom. The Labute approximate surface area is 119 Å². The number of carbonyl (C=O) groups excluding carboxylic acids is 2. The van der Waals surface area contributed by atoms with Gasteiger partial charge in [0.15, 0.2) is 0 Å². The second-order valence-electron chi connectivity index (χ2n) is 5.45. The molecule has 0 bridgehead atoms. The Kier molecular flexibility index (Phi) is 5.30. The largest absolute Gasteiger partial charge is 0.480 e. The van der Waals surface area contributed by atoms with Crippen molar-refractivity contribution in [1.82, 2.24) is 9.80 Å². The average Bonchev–Trinajstić information content (AvgIpc) is 2.85. The first-order chi connectivity index (χ1) is 9.29. The van der Waals surface area contributed by atoms with Gasteiger partial charge in [0, 0.05) is 20.1 Å². The Bertz CT molecular complexity index is 419. The van der Waals surface area contributed by atoms with Crippen molar-refractivity contribution in [2.45, 2.75) is 26.3 Å². The third kappa shape index (κ3) is 3.37. The van der Waals surface area contributed by atoms with Gasteiger partial charge in [0.05, 0.1) is 5.92 Å². The van der Waals surface area contributed by atoms with Gasteiger partial charge in [-0.1, -0.05) is 20.4 Å². The zero-order chi connectivity index (χ0) is 15.4. The normalized spacial score (nSPS) is 19.8. The summed E-state index contributed by atoms with van der Waals surface area (Å²) in [6.07, 6.45) is 1.79. The van der Waals surface area contributed by atoms with Gasteiger partial charge in [-0.25, -0.2) is 4.79 Å². The van der Waals surface area contributed by atoms with Crippen LogP contribution in [0, 0.1) is 11.8 Å². The molecule has 0 radical (unpaired) electrons. The summed E-state index contributed by atoms with van der Waals surface area (Å²) in [5.74, 6) is -1.92. The highest BCUT2D eigenvalue weighted by molar-refractivity contribution is 5.89. The van der Waals surface area contributed by atoms with Gasteiger partial charge >= 0.3 is 5.97 Å². The molecule has 0 aliphatic carbocycles. The summed E-state index contributed by atoms with van der Waals surface area (Å²) in [5.41, 5.74) is 0. The highest BCUT2D eigenvalue weighted by Crippen LogP contribution is 2.21. The predicted octanol–water partition coefficient (Wildman–Crippen LogP) is 0.589. The first-order valence-electron chi connectivity index (χ1n) is 6.70. The topological polar surface area (TPSA) is 77.9 Å². The second kappa shape index (κ2) is 6.54. The maximum Gasteiger partial charge on any atom is 0.326 e. The number of aliphatic carboxylic acids is 1. The average molecular weight is 282 g/mol. The molecule has 1 rings (SSSR count). The van der Waals surface area contributed by atoms with Gasteiger partial charge < -0.3 is 14.9 Å². The number of carboxylic acids is 1. The summed E-state index contributed by atoms with van der Waals surface area (Å²) < 4.78 is 0. The van der Waals surface area contributed by atoms with Crippen molar-refractivity contribution in [2.24, 2.45) is 11.8 Å². The zero-order valence-electron chi connectivity index (χ0n) is 12.2. The van der Waals surface area contributed by atoms with Crippen LogP contribution in [-0.4, -0.2) is 58.9 Å². The third-order valence-corrected chi connectivity index (χ3v) is 3.67. The summed E-state index contributed by atoms with van der Waals surface area (Å²) in [5, 5.41) is 9.21. The Morgan fingerprint density at radius 1 is 1.40 bits per heavy atom. The van der Waals surface area contributed by atoms with Crippen molar-refractivity contribution in [3.05, 3.63) is 12.7 Å². The van der Waals surface area contributed by atoms with E-state index in [1.54, 1.807) is 18.7 Å². The minimum absolute atomic E-state index is 0.172. The van der Waals surface area contributed by atoms with E-state index in [1.807, 2.05) is 0 Å². The molecule has 1 fully saturated rings. The molecule has 1 aliphatic heterocycles. The van der Waals surface area contributed by atoms with E-state index in [0.717, 1.165) is 0 Å². The van der Waals surface area contributed by atoms with Gasteiger partial charge in [0.1, 0.15) is 6.04 Å². The van der Waals surface area contributed by atoms with Crippen LogP contribution in [0.4, 0.5) is 0 Å². The van der Waals surface area contributed by atoms with Crippen LogP contribution in [0.3, 0.4) is 0 Å². The quantitative estimate of drug-likeness (QED) is 0.749. The summed E-state index contributed by atoms with van der Waals surface area (Å²) in [7, 11) is 1.51. The van der Waals surface area contributed by atoms with E-state index in [0.29, 0.717) is 19.5 Å². The van der Waals surface area contributed by atoms with Crippen LogP contribution < -0.4 is 0 Å². The lowest BCUT2D eigenvalue weighted by molar-refractivity contribution is -0.152. The van der Waals surface area contributed by atoms with E-state index in [1.165, 1.54) is 18.0 Å². The van der Waals surface area contributed by atoms with Gasteiger partial charge in [-0.2, -0.15) is 0 Å². The molecule has 1 N–H and O–H groups in total. The van der Waals surface area contributed by atoms with Gasteiger partial charge in [-0.05, 0) is 18.4 Å². The van der Waals surface area contributed by atoms with E-state index in [2.05, 4.69) is 6.58 Å². The monoisotopic (exact) mass is 282 g/mol. The lowest BCUT2D eigenvalue weighted by Gasteiger charge is -2.29. The fourth-order valence-electron chi connectivity index (χ4n) is 2.61. The van der Waals surface area contributed by atoms with Crippen molar-refractivity contribution < 1.29 is 19.5 Å². The number of nitrogens with zero attached hydrogens (tertiary/aromatic N) is 2. The van der Waals surface area contributed by atoms with Crippen LogP contribution in [0.2, 0.25) is 0 Å². The Hall–Kier alpha value is -1.85. The molecule has 0 saturated carbocycles. The molecule has 0 unspecified atom stereocenters. The van der Waals surface area contributed by atoms with Crippen LogP contribution in [0.5, 0.6) is 0 Å². The highest BCUT2D eigenvalue weighted by atomic mass is 16.4. The lowest BCUT2D eigenvalue weighted by atomic mass is 10.0. The third-order valence-electron chi connectivity index (χ3n) is 3.67. The fraction of sp³-hybridized carbons (Fsp3) is 0.643. The highest BCUT2D eigenvalue weighted by Gasteiger charge is 2.36. The van der Waals surface area contributed by atoms with Gasteiger partial charge in [-0.3, -0.25) is 9.59 Å². The van der Waals surface area contributed by atoms with Gasteiger partial charge in [-0.15, -0.1) is 0 Å². The molecule has 2 amide bonds. The predicted molar refractivity (Wildman–Crippen MR) is 73.9 cm³/mol. The number of carbonyl (C=O) groups is 3. The molecule has 20 heavy (non-hydrogen) atoms. The molecular formula is C14H22N2O4. The molecule has 112 valence electrons. The smallest absolute Gasteiger partial charge is 0.326 e. The van der Waals surface area contributed by atoms with Gasteiger partial charge in [0.2, 0.25) is 11.8 Å². The maximum atomic E-state index is 12.4. The molecule has 0 aromatic rings. The van der Waals surface area contributed by atoms with E-state index >= 15 is 0 Å². The van der Waals surface area contributed by atoms with E-state index < -0.39 is 12.0 Å². The molecular weight excluding hydrogens is 260 g/mol. The lowest BCUT2D eigenvalue weighted by Crippen LogP contribution is -2.48. The number of hydrogen-bond donors (Lipinski definition) is 1. The van der Waals surface area contributed by atoms with Crippen LogP contribution in [0.25, 0.3) is 0 Å². The van der Waals surface area contributed by atoms with E-state index in [-0.39, 0.29) is 23.7 Å². The minimum atomic E-state index is -1.01. The first-order valence-corrected chi connectivity index (χ1v) is 6.70. The van der Waals surface area contributed by atoms with Crippen LogP contribution in [0.1, 0.15) is 20.3 Å². The molecule has 1 saturated heterocycles. The van der Waals surface area contributed by atoms with Crippen LogP contribution >= 0.6 is 0 Å². The molecule has 2 atom stereocenters. The van der Waals surface area contributed by atoms with Crippen molar-refractivity contribution in [2.75, 3.05) is 20.1 Å². The number of amides is 2. The molecule has 0 aromatic carbocycles. The van der Waals surface area contributed by atoms with Crippen molar-refractivity contribution >= 4 is 17.8 Å². The first kappa shape index (κ1) is 16.2. The molecule has 6 nitrogen and oxygen atoms in total. The summed E-state index contributed by atoms with van der Waals surface area (Å²) in [6.45, 7) is 7.80. The van der Waals surface area contributed by atoms with Crippen LogP contribution in [0.15, 0.2) is 12.7 Å². The number of likely N-dealkylation sites (tertiary alicyclic amines) is 1. The van der Waals surface area contributed by atoms with Crippen LogP contribution in [-0.2, 0) is 14.4 Å². The molecule has 1 heterocycles. The van der Waals surface area contributed by atoms with Crippen molar-refractivity contribution in [3.63, 3.8) is 0 Å². The second-order valence-corrected chi connectivity index (χ2v) is 5.45. The standard InChI is InChI=1S/C14H22N2O4/c1-5-11(17)16-7-6-10(8-16)13(18)15(4)12(9(2)3)14(19)20/h5,9-10,12H,1,6-8H2,2-4H3,(H,19,20)/t10-,12+/m1/s1. The van der Waals surface area contributed by atoms with Crippen molar-refractivity contribution in [1.29, 1.82) is 0 Å². The van der Waals surface area contributed by atoms with Crippen molar-refractivity contribution in [3.8, 4) is 0 Å². The fourth-order valence-corrected chi connectivity index (χ4v) is 2.61. The number of rotatable bonds is 5. The molecule has 6 heteroatoms. The summed E-state index contributed by atoms with van der Waals surface area (Å²) in [6, 6.07) is -0.841. The van der Waals surface area contributed by atoms with Gasteiger partial charge in [0.25, 0.3) is 0 Å². The molecule has 0 aromatic heterocycles. The minimum Gasteiger partial charge on any atom is -0.480 e. The van der Waals surface area contributed by atoms with E-state index in [4.69, 9.17) is 0 Å². The Morgan fingerprint density at radius 3 is 2.45 bits per heavy atom. The Balaban J connectivity index is 2.73. The number of likely N-dealkylation sites (N-methyl/N-ethyl adjacent to an activating group) is 1. The molecule has 1 aliphatic rings. The zero-order valence-corrected chi connectivity index (χ0v) is 12.2. The SMILES string of the molecule is C=CC(=O)N1CC[C@@H](C(=O)N(C)[C@H](C(=O)O)C(C)C)C1. The number of hydrogen-bond acceptors (Lipinski definition) is 3.